The first-order chi connectivity index (χ1) is 9.78. The SMILES string of the molecule is CC(C)C(CN(C)C)NCc1cccc2c1OC(C)(C)C2. The van der Waals surface area contributed by atoms with E-state index in [1.165, 1.54) is 11.1 Å². The molecule has 1 aromatic rings. The molecule has 1 atom stereocenters. The summed E-state index contributed by atoms with van der Waals surface area (Å²) in [4.78, 5) is 2.24. The van der Waals surface area contributed by atoms with E-state index in [0.29, 0.717) is 12.0 Å². The van der Waals surface area contributed by atoms with Gasteiger partial charge in [0.1, 0.15) is 11.4 Å². The van der Waals surface area contributed by atoms with Crippen molar-refractivity contribution in [2.45, 2.75) is 52.3 Å². The van der Waals surface area contributed by atoms with Crippen LogP contribution in [0.5, 0.6) is 5.75 Å². The molecule has 0 aliphatic carbocycles. The monoisotopic (exact) mass is 290 g/mol. The Hall–Kier alpha value is -1.06. The number of rotatable bonds is 6. The molecule has 1 aliphatic rings. The summed E-state index contributed by atoms with van der Waals surface area (Å²) in [7, 11) is 4.26. The lowest BCUT2D eigenvalue weighted by molar-refractivity contribution is 0.137. The predicted molar refractivity (Wildman–Crippen MR) is 88.9 cm³/mol. The largest absolute Gasteiger partial charge is 0.487 e. The fourth-order valence-corrected chi connectivity index (χ4v) is 2.96. The van der Waals surface area contributed by atoms with Crippen molar-refractivity contribution in [2.24, 2.45) is 5.92 Å². The molecule has 1 aromatic carbocycles. The van der Waals surface area contributed by atoms with E-state index in [2.05, 4.69) is 70.2 Å². The molecule has 1 aliphatic heterocycles. The summed E-state index contributed by atoms with van der Waals surface area (Å²) in [5, 5.41) is 3.70. The molecule has 0 bridgehead atoms. The summed E-state index contributed by atoms with van der Waals surface area (Å²) in [5.74, 6) is 1.71. The second-order valence-electron chi connectivity index (χ2n) is 7.44. The van der Waals surface area contributed by atoms with Gasteiger partial charge in [0.25, 0.3) is 0 Å². The van der Waals surface area contributed by atoms with E-state index >= 15 is 0 Å². The van der Waals surface area contributed by atoms with E-state index in [0.717, 1.165) is 25.3 Å². The first-order valence-electron chi connectivity index (χ1n) is 7.96. The highest BCUT2D eigenvalue weighted by molar-refractivity contribution is 5.45. The van der Waals surface area contributed by atoms with Crippen LogP contribution in [0.4, 0.5) is 0 Å². The maximum Gasteiger partial charge on any atom is 0.127 e. The molecule has 1 N–H and O–H groups in total. The van der Waals surface area contributed by atoms with Crippen molar-refractivity contribution < 1.29 is 4.74 Å². The van der Waals surface area contributed by atoms with Crippen molar-refractivity contribution in [3.63, 3.8) is 0 Å². The van der Waals surface area contributed by atoms with Crippen molar-refractivity contribution in [2.75, 3.05) is 20.6 Å². The number of hydrogen-bond acceptors (Lipinski definition) is 3. The lowest BCUT2D eigenvalue weighted by atomic mass is 10.00. The molecular formula is C18H30N2O. The molecule has 0 saturated heterocycles. The van der Waals surface area contributed by atoms with Crippen molar-refractivity contribution in [1.82, 2.24) is 10.2 Å². The van der Waals surface area contributed by atoms with Crippen LogP contribution in [0.25, 0.3) is 0 Å². The Morgan fingerprint density at radius 2 is 2.00 bits per heavy atom. The molecule has 21 heavy (non-hydrogen) atoms. The van der Waals surface area contributed by atoms with Gasteiger partial charge in [0.2, 0.25) is 0 Å². The minimum absolute atomic E-state index is 0.0699. The maximum atomic E-state index is 6.15. The average molecular weight is 290 g/mol. The molecule has 1 unspecified atom stereocenters. The second-order valence-corrected chi connectivity index (χ2v) is 7.44. The van der Waals surface area contributed by atoms with Crippen LogP contribution in [0.15, 0.2) is 18.2 Å². The van der Waals surface area contributed by atoms with Crippen LogP contribution in [0, 0.1) is 5.92 Å². The van der Waals surface area contributed by atoms with E-state index < -0.39 is 0 Å². The smallest absolute Gasteiger partial charge is 0.127 e. The third kappa shape index (κ3) is 4.21. The van der Waals surface area contributed by atoms with Gasteiger partial charge in [0.15, 0.2) is 0 Å². The molecule has 118 valence electrons. The summed E-state index contributed by atoms with van der Waals surface area (Å²) >= 11 is 0. The van der Waals surface area contributed by atoms with Crippen LogP contribution in [0.2, 0.25) is 0 Å². The quantitative estimate of drug-likeness (QED) is 0.871. The normalized spacial score (nSPS) is 17.9. The number of likely N-dealkylation sites (N-methyl/N-ethyl adjacent to an activating group) is 1. The molecule has 2 rings (SSSR count). The van der Waals surface area contributed by atoms with Crippen molar-refractivity contribution >= 4 is 0 Å². The number of benzene rings is 1. The lowest BCUT2D eigenvalue weighted by Gasteiger charge is -2.26. The molecule has 3 nitrogen and oxygen atoms in total. The Labute approximate surface area is 129 Å². The van der Waals surface area contributed by atoms with Crippen LogP contribution >= 0.6 is 0 Å². The topological polar surface area (TPSA) is 24.5 Å². The average Bonchev–Trinajstić information content (AvgIpc) is 2.68. The molecule has 0 spiro atoms. The van der Waals surface area contributed by atoms with Crippen LogP contribution < -0.4 is 10.1 Å². The van der Waals surface area contributed by atoms with Crippen LogP contribution in [0.3, 0.4) is 0 Å². The minimum atomic E-state index is -0.0699. The van der Waals surface area contributed by atoms with E-state index in [-0.39, 0.29) is 5.60 Å². The lowest BCUT2D eigenvalue weighted by Crippen LogP contribution is -2.41. The van der Waals surface area contributed by atoms with Crippen LogP contribution in [0.1, 0.15) is 38.8 Å². The Balaban J connectivity index is 2.06. The minimum Gasteiger partial charge on any atom is -0.487 e. The van der Waals surface area contributed by atoms with E-state index in [4.69, 9.17) is 4.74 Å². The fourth-order valence-electron chi connectivity index (χ4n) is 2.96. The van der Waals surface area contributed by atoms with Gasteiger partial charge < -0.3 is 15.0 Å². The Kier molecular flexibility index (Phi) is 4.95. The molecule has 3 heteroatoms. The number of ether oxygens (including phenoxy) is 1. The number of fused-ring (bicyclic) bond motifs is 1. The molecule has 0 amide bonds. The van der Waals surface area contributed by atoms with Gasteiger partial charge in [-0.2, -0.15) is 0 Å². The first kappa shape index (κ1) is 16.3. The number of hydrogen-bond donors (Lipinski definition) is 1. The molecule has 0 aromatic heterocycles. The highest BCUT2D eigenvalue weighted by Crippen LogP contribution is 2.37. The third-order valence-corrected chi connectivity index (χ3v) is 4.09. The first-order valence-corrected chi connectivity index (χ1v) is 7.96. The zero-order valence-corrected chi connectivity index (χ0v) is 14.4. The highest BCUT2D eigenvalue weighted by Gasteiger charge is 2.31. The summed E-state index contributed by atoms with van der Waals surface area (Å²) in [5.41, 5.74) is 2.55. The summed E-state index contributed by atoms with van der Waals surface area (Å²) in [6.45, 7) is 10.8. The molecular weight excluding hydrogens is 260 g/mol. The Bertz CT molecular complexity index is 480. The Morgan fingerprint density at radius 1 is 1.29 bits per heavy atom. The van der Waals surface area contributed by atoms with E-state index in [1.54, 1.807) is 0 Å². The second kappa shape index (κ2) is 6.37. The highest BCUT2D eigenvalue weighted by atomic mass is 16.5. The van der Waals surface area contributed by atoms with Gasteiger partial charge in [-0.3, -0.25) is 0 Å². The van der Waals surface area contributed by atoms with E-state index in [1.807, 2.05) is 0 Å². The molecule has 0 fully saturated rings. The van der Waals surface area contributed by atoms with Gasteiger partial charge in [-0.25, -0.2) is 0 Å². The number of para-hydroxylation sites is 1. The molecule has 1 heterocycles. The zero-order valence-electron chi connectivity index (χ0n) is 14.4. The summed E-state index contributed by atoms with van der Waals surface area (Å²) in [6, 6.07) is 7.01. The Morgan fingerprint density at radius 3 is 2.62 bits per heavy atom. The standard InChI is InChI=1S/C18H30N2O/c1-13(2)16(12-20(5)6)19-11-15-9-7-8-14-10-18(3,4)21-17(14)15/h7-9,13,16,19H,10-12H2,1-6H3. The fraction of sp³-hybridized carbons (Fsp3) is 0.667. The van der Waals surface area contributed by atoms with Gasteiger partial charge in [-0.15, -0.1) is 0 Å². The number of nitrogens with zero attached hydrogens (tertiary/aromatic N) is 1. The van der Waals surface area contributed by atoms with Gasteiger partial charge in [-0.1, -0.05) is 32.0 Å². The molecule has 0 saturated carbocycles. The van der Waals surface area contributed by atoms with Crippen LogP contribution in [-0.4, -0.2) is 37.2 Å². The van der Waals surface area contributed by atoms with E-state index in [9.17, 15) is 0 Å². The van der Waals surface area contributed by atoms with Crippen LogP contribution in [-0.2, 0) is 13.0 Å². The third-order valence-electron chi connectivity index (χ3n) is 4.09. The number of nitrogens with one attached hydrogen (secondary N) is 1. The predicted octanol–water partition coefficient (Wildman–Crippen LogP) is 3.08. The van der Waals surface area contributed by atoms with Gasteiger partial charge >= 0.3 is 0 Å². The van der Waals surface area contributed by atoms with Gasteiger partial charge in [0.05, 0.1) is 0 Å². The molecule has 0 radical (unpaired) electrons. The summed E-state index contributed by atoms with van der Waals surface area (Å²) in [6.07, 6.45) is 1.00. The maximum absolute atomic E-state index is 6.15. The van der Waals surface area contributed by atoms with Crippen molar-refractivity contribution in [1.29, 1.82) is 0 Å². The van der Waals surface area contributed by atoms with Crippen molar-refractivity contribution in [3.8, 4) is 5.75 Å². The van der Waals surface area contributed by atoms with Crippen molar-refractivity contribution in [3.05, 3.63) is 29.3 Å². The van der Waals surface area contributed by atoms with Gasteiger partial charge in [-0.05, 0) is 39.4 Å². The zero-order chi connectivity index (χ0) is 15.6. The summed E-state index contributed by atoms with van der Waals surface area (Å²) < 4.78 is 6.15. The van der Waals surface area contributed by atoms with Gasteiger partial charge in [0, 0.05) is 31.1 Å².